The van der Waals surface area contributed by atoms with Crippen molar-refractivity contribution in [3.05, 3.63) is 0 Å². The van der Waals surface area contributed by atoms with Gasteiger partial charge in [-0.3, -0.25) is 0 Å². The van der Waals surface area contributed by atoms with Crippen molar-refractivity contribution in [2.75, 3.05) is 26.2 Å². The van der Waals surface area contributed by atoms with Gasteiger partial charge >= 0.3 is 0 Å². The highest BCUT2D eigenvalue weighted by molar-refractivity contribution is 7.87. The monoisotopic (exact) mass is 280 g/mol. The molecule has 0 bridgehead atoms. The summed E-state index contributed by atoms with van der Waals surface area (Å²) in [7, 11) is -3.50. The van der Waals surface area contributed by atoms with Crippen LogP contribution >= 0.6 is 0 Å². The van der Waals surface area contributed by atoms with Crippen molar-refractivity contribution in [3.63, 3.8) is 0 Å². The maximum Gasteiger partial charge on any atom is 0.279 e. The van der Waals surface area contributed by atoms with E-state index in [4.69, 9.17) is 9.84 Å². The van der Waals surface area contributed by atoms with Crippen molar-refractivity contribution in [1.82, 2.24) is 9.03 Å². The van der Waals surface area contributed by atoms with E-state index >= 15 is 0 Å². The molecule has 0 aromatic heterocycles. The lowest BCUT2D eigenvalue weighted by Crippen LogP contribution is -2.58. The fourth-order valence-electron chi connectivity index (χ4n) is 1.88. The maximum atomic E-state index is 12.1. The van der Waals surface area contributed by atoms with Crippen LogP contribution in [0.2, 0.25) is 0 Å². The third-order valence-corrected chi connectivity index (χ3v) is 4.16. The second-order valence-electron chi connectivity index (χ2n) is 5.72. The first kappa shape index (κ1) is 15.8. The predicted octanol–water partition coefficient (Wildman–Crippen LogP) is -0.0515. The van der Waals surface area contributed by atoms with Crippen molar-refractivity contribution in [2.24, 2.45) is 5.92 Å². The number of morpholine rings is 1. The van der Waals surface area contributed by atoms with Gasteiger partial charge in [-0.05, 0) is 19.8 Å². The molecule has 0 aliphatic carbocycles. The second kappa shape index (κ2) is 5.83. The summed E-state index contributed by atoms with van der Waals surface area (Å²) in [6.45, 7) is 8.23. The highest BCUT2D eigenvalue weighted by atomic mass is 32.2. The number of nitrogens with zero attached hydrogens (tertiary/aromatic N) is 1. The first-order chi connectivity index (χ1) is 8.16. The Morgan fingerprint density at radius 2 is 2.11 bits per heavy atom. The quantitative estimate of drug-likeness (QED) is 0.740. The summed E-state index contributed by atoms with van der Waals surface area (Å²) >= 11 is 0. The van der Waals surface area contributed by atoms with Gasteiger partial charge in [-0.2, -0.15) is 12.7 Å². The van der Waals surface area contributed by atoms with Gasteiger partial charge in [-0.15, -0.1) is 0 Å². The molecule has 0 aromatic rings. The Kier molecular flexibility index (Phi) is 5.13. The molecule has 18 heavy (non-hydrogen) atoms. The zero-order valence-corrected chi connectivity index (χ0v) is 12.3. The van der Waals surface area contributed by atoms with Gasteiger partial charge in [0.2, 0.25) is 0 Å². The van der Waals surface area contributed by atoms with E-state index in [1.165, 1.54) is 4.31 Å². The molecule has 0 spiro atoms. The van der Waals surface area contributed by atoms with Crippen molar-refractivity contribution in [1.29, 1.82) is 0 Å². The Hall–Kier alpha value is -0.210. The summed E-state index contributed by atoms with van der Waals surface area (Å²) in [4.78, 5) is 0. The van der Waals surface area contributed by atoms with Crippen LogP contribution in [0.4, 0.5) is 0 Å². The smallest absolute Gasteiger partial charge is 0.279 e. The van der Waals surface area contributed by atoms with Gasteiger partial charge in [-0.1, -0.05) is 13.8 Å². The molecule has 6 nitrogen and oxygen atoms in total. The van der Waals surface area contributed by atoms with Crippen LogP contribution < -0.4 is 4.72 Å². The van der Waals surface area contributed by atoms with E-state index in [0.29, 0.717) is 6.54 Å². The summed E-state index contributed by atoms with van der Waals surface area (Å²) < 4.78 is 33.7. The Morgan fingerprint density at radius 3 is 2.61 bits per heavy atom. The Morgan fingerprint density at radius 1 is 1.50 bits per heavy atom. The van der Waals surface area contributed by atoms with Crippen LogP contribution in [0.1, 0.15) is 27.7 Å². The highest BCUT2D eigenvalue weighted by Gasteiger charge is 2.38. The third-order valence-electron chi connectivity index (χ3n) is 2.67. The number of rotatable bonds is 5. The molecule has 1 aliphatic heterocycles. The minimum Gasteiger partial charge on any atom is -0.394 e. The van der Waals surface area contributed by atoms with Crippen LogP contribution in [-0.2, 0) is 14.9 Å². The van der Waals surface area contributed by atoms with Gasteiger partial charge in [0.15, 0.2) is 0 Å². The van der Waals surface area contributed by atoms with Crippen LogP contribution in [0.25, 0.3) is 0 Å². The van der Waals surface area contributed by atoms with Crippen molar-refractivity contribution in [3.8, 4) is 0 Å². The van der Waals surface area contributed by atoms with Crippen LogP contribution in [-0.4, -0.2) is 55.8 Å². The number of hydrogen-bond donors (Lipinski definition) is 2. The van der Waals surface area contributed by atoms with Gasteiger partial charge in [-0.25, -0.2) is 4.72 Å². The second-order valence-corrected chi connectivity index (χ2v) is 7.48. The number of aliphatic hydroxyl groups excluding tert-OH is 1. The minimum absolute atomic E-state index is 0.181. The van der Waals surface area contributed by atoms with Gasteiger partial charge in [0, 0.05) is 19.6 Å². The zero-order valence-electron chi connectivity index (χ0n) is 11.5. The summed E-state index contributed by atoms with van der Waals surface area (Å²) in [5, 5.41) is 9.16. The summed E-state index contributed by atoms with van der Waals surface area (Å²) in [6, 6.07) is 0. The van der Waals surface area contributed by atoms with E-state index in [1.807, 2.05) is 27.7 Å². The molecule has 1 fully saturated rings. The lowest BCUT2D eigenvalue weighted by Gasteiger charge is -2.41. The molecule has 2 N–H and O–H groups in total. The van der Waals surface area contributed by atoms with Crippen molar-refractivity contribution < 1.29 is 18.3 Å². The molecular formula is C11H24N2O4S. The van der Waals surface area contributed by atoms with E-state index in [-0.39, 0.29) is 25.6 Å². The largest absolute Gasteiger partial charge is 0.394 e. The first-order valence-electron chi connectivity index (χ1n) is 6.20. The van der Waals surface area contributed by atoms with Crippen molar-refractivity contribution in [2.45, 2.75) is 39.4 Å². The van der Waals surface area contributed by atoms with Crippen molar-refractivity contribution >= 4 is 10.2 Å². The Labute approximate surface area is 109 Å². The number of hydrogen-bond acceptors (Lipinski definition) is 4. The standard InChI is InChI=1S/C11H24N2O4S/c1-9(2)5-12-18(15,16)13-6-10(7-14)17-11(3,4)8-13/h9-10,12,14H,5-8H2,1-4H3. The van der Waals surface area contributed by atoms with Crippen LogP contribution in [0.3, 0.4) is 0 Å². The molecule has 0 aromatic carbocycles. The van der Waals surface area contributed by atoms with E-state index in [9.17, 15) is 8.42 Å². The highest BCUT2D eigenvalue weighted by Crippen LogP contribution is 2.22. The first-order valence-corrected chi connectivity index (χ1v) is 7.64. The number of aliphatic hydroxyl groups is 1. The molecule has 1 saturated heterocycles. The zero-order chi connectivity index (χ0) is 14.0. The molecule has 1 heterocycles. The Bertz CT molecular complexity index is 367. The predicted molar refractivity (Wildman–Crippen MR) is 69.4 cm³/mol. The molecule has 1 atom stereocenters. The van der Waals surface area contributed by atoms with E-state index in [2.05, 4.69) is 4.72 Å². The Balaban J connectivity index is 2.74. The summed E-state index contributed by atoms with van der Waals surface area (Å²) in [5.41, 5.74) is -0.585. The fraction of sp³-hybridized carbons (Fsp3) is 1.00. The van der Waals surface area contributed by atoms with Crippen LogP contribution in [0, 0.1) is 5.92 Å². The summed E-state index contributed by atoms with van der Waals surface area (Å²) in [5.74, 6) is 0.252. The fourth-order valence-corrected chi connectivity index (χ4v) is 3.45. The number of nitrogens with one attached hydrogen (secondary N) is 1. The molecule has 1 rings (SSSR count). The average molecular weight is 280 g/mol. The SMILES string of the molecule is CC(C)CNS(=O)(=O)N1CC(CO)OC(C)(C)C1. The molecule has 0 radical (unpaired) electrons. The molecule has 7 heteroatoms. The van der Waals surface area contributed by atoms with Gasteiger partial charge < -0.3 is 9.84 Å². The van der Waals surface area contributed by atoms with E-state index < -0.39 is 21.9 Å². The van der Waals surface area contributed by atoms with Crippen LogP contribution in [0.5, 0.6) is 0 Å². The van der Waals surface area contributed by atoms with Gasteiger partial charge in [0.25, 0.3) is 10.2 Å². The molecule has 108 valence electrons. The van der Waals surface area contributed by atoms with E-state index in [1.54, 1.807) is 0 Å². The average Bonchev–Trinajstić information content (AvgIpc) is 2.24. The van der Waals surface area contributed by atoms with Crippen LogP contribution in [0.15, 0.2) is 0 Å². The molecule has 0 saturated carbocycles. The third kappa shape index (κ3) is 4.47. The normalized spacial score (nSPS) is 25.6. The van der Waals surface area contributed by atoms with Gasteiger partial charge in [0.1, 0.15) is 0 Å². The van der Waals surface area contributed by atoms with E-state index in [0.717, 1.165) is 0 Å². The lowest BCUT2D eigenvalue weighted by molar-refractivity contribution is -0.131. The van der Waals surface area contributed by atoms with Gasteiger partial charge in [0.05, 0.1) is 18.3 Å². The lowest BCUT2D eigenvalue weighted by atomic mass is 10.1. The summed E-state index contributed by atoms with van der Waals surface area (Å²) in [6.07, 6.45) is -0.468. The maximum absolute atomic E-state index is 12.1. The number of ether oxygens (including phenoxy) is 1. The minimum atomic E-state index is -3.50. The molecule has 1 aliphatic rings. The molecular weight excluding hydrogens is 256 g/mol. The molecule has 0 amide bonds. The molecule has 1 unspecified atom stereocenters. The topological polar surface area (TPSA) is 78.9 Å².